The normalized spacial score (nSPS) is 32.6. The van der Waals surface area contributed by atoms with Crippen LogP contribution >= 0.6 is 35.0 Å². The van der Waals surface area contributed by atoms with E-state index < -0.39 is 64.3 Å². The summed E-state index contributed by atoms with van der Waals surface area (Å²) in [7, 11) is 3.23. The minimum Gasteiger partial charge on any atom is -0.493 e. The largest absolute Gasteiger partial charge is 0.493 e. The van der Waals surface area contributed by atoms with Crippen LogP contribution in [0.4, 0.5) is 5.69 Å². The molecule has 1 aromatic heterocycles. The number of aliphatic hydroxyl groups is 1. The number of halogens is 2. The molecule has 11 nitrogen and oxygen atoms in total. The molecule has 0 radical (unpaired) electrons. The second kappa shape index (κ2) is 19.7. The number of ether oxygens (including phenoxy) is 5. The van der Waals surface area contributed by atoms with E-state index in [9.17, 15) is 19.5 Å². The third-order valence-electron chi connectivity index (χ3n) is 12.8. The Bertz CT molecular complexity index is 1740. The van der Waals surface area contributed by atoms with E-state index in [2.05, 4.69) is 9.88 Å². The number of benzene rings is 1. The second-order valence-electron chi connectivity index (χ2n) is 17.0. The first kappa shape index (κ1) is 46.3. The van der Waals surface area contributed by atoms with Crippen molar-refractivity contribution in [1.29, 1.82) is 0 Å². The first-order valence-corrected chi connectivity index (χ1v) is 22.5. The zero-order valence-electron chi connectivity index (χ0n) is 35.4. The molecule has 3 heterocycles. The number of hydrogen-bond donors (Lipinski definition) is 1. The highest BCUT2D eigenvalue weighted by Gasteiger charge is 2.61. The van der Waals surface area contributed by atoms with Gasteiger partial charge in [0.25, 0.3) is 0 Å². The molecular weight excluding hydrogens is 803 g/mol. The lowest BCUT2D eigenvalue weighted by molar-refractivity contribution is -0.186. The summed E-state index contributed by atoms with van der Waals surface area (Å²) in [6, 6.07) is 5.82. The SMILES string of the molecule is CC[C@H]1OC(=O)[C@H](C)[C@@H](O)[C@H](C)C[C@](C)(OC)C[C@@H](C)C(=O)[C@H](C)[C@H]2C(SCCN(Cc3c(Cl)cncc3Cl)c3ccc(OC)c(OC4CCCC4)c3)C(=O)O[C@@]21C. The van der Waals surface area contributed by atoms with Crippen LogP contribution in [0.1, 0.15) is 99.0 Å². The molecule has 3 aliphatic rings. The number of nitrogens with zero attached hydrogens (tertiary/aromatic N) is 2. The van der Waals surface area contributed by atoms with Crippen molar-refractivity contribution < 1.29 is 43.2 Å². The fraction of sp³-hybridized carbons (Fsp3) is 0.682. The fourth-order valence-electron chi connectivity index (χ4n) is 9.42. The number of thioether (sulfide) groups is 1. The Kier molecular flexibility index (Phi) is 15.8. The monoisotopic (exact) mass is 864 g/mol. The maximum Gasteiger partial charge on any atom is 0.320 e. The number of methoxy groups -OCH3 is 2. The van der Waals surface area contributed by atoms with E-state index in [1.165, 1.54) is 11.8 Å². The quantitative estimate of drug-likeness (QED) is 0.205. The van der Waals surface area contributed by atoms with Crippen LogP contribution in [0.15, 0.2) is 30.6 Å². The molecule has 1 N–H and O–H groups in total. The number of Topliss-reactive ketones (excluding diaryl/α,β-unsaturated/α-hetero) is 1. The molecule has 0 bridgehead atoms. The third kappa shape index (κ3) is 10.2. The van der Waals surface area contributed by atoms with Crippen LogP contribution in [-0.4, -0.2) is 89.1 Å². The summed E-state index contributed by atoms with van der Waals surface area (Å²) >= 11 is 14.7. The van der Waals surface area contributed by atoms with E-state index in [1.807, 2.05) is 52.8 Å². The molecule has 2 saturated heterocycles. The molecule has 2 aliphatic heterocycles. The number of pyridine rings is 1. The third-order valence-corrected chi connectivity index (χ3v) is 14.7. The van der Waals surface area contributed by atoms with E-state index in [-0.39, 0.29) is 17.8 Å². The van der Waals surface area contributed by atoms with E-state index in [0.29, 0.717) is 65.2 Å². The average molecular weight is 866 g/mol. The van der Waals surface area contributed by atoms with Gasteiger partial charge in [-0.15, -0.1) is 11.8 Å². The van der Waals surface area contributed by atoms with Gasteiger partial charge in [-0.3, -0.25) is 19.4 Å². The molecule has 58 heavy (non-hydrogen) atoms. The molecule has 5 rings (SSSR count). The maximum atomic E-state index is 14.5. The molecule has 1 saturated carbocycles. The molecular formula is C44H62Cl2N2O9S. The number of anilines is 1. The molecule has 1 unspecified atom stereocenters. The smallest absolute Gasteiger partial charge is 0.320 e. The lowest BCUT2D eigenvalue weighted by Gasteiger charge is -2.42. The van der Waals surface area contributed by atoms with E-state index in [1.54, 1.807) is 40.5 Å². The van der Waals surface area contributed by atoms with Gasteiger partial charge in [0.1, 0.15) is 17.1 Å². The molecule has 2 aromatic rings. The van der Waals surface area contributed by atoms with Crippen molar-refractivity contribution in [1.82, 2.24) is 4.98 Å². The highest BCUT2D eigenvalue weighted by molar-refractivity contribution is 8.00. The molecule has 0 spiro atoms. The van der Waals surface area contributed by atoms with Crippen LogP contribution in [0.3, 0.4) is 0 Å². The van der Waals surface area contributed by atoms with Gasteiger partial charge in [0.05, 0.1) is 40.9 Å². The summed E-state index contributed by atoms with van der Waals surface area (Å²) in [4.78, 5) is 48.6. The Balaban J connectivity index is 1.48. The highest BCUT2D eigenvalue weighted by atomic mass is 35.5. The van der Waals surface area contributed by atoms with Gasteiger partial charge >= 0.3 is 11.9 Å². The summed E-state index contributed by atoms with van der Waals surface area (Å²) in [6.07, 6.45) is 6.75. The molecule has 3 fully saturated rings. The first-order chi connectivity index (χ1) is 27.5. The van der Waals surface area contributed by atoms with Crippen LogP contribution in [-0.2, 0) is 35.1 Å². The van der Waals surface area contributed by atoms with Crippen LogP contribution < -0.4 is 14.4 Å². The predicted octanol–water partition coefficient (Wildman–Crippen LogP) is 8.75. The topological polar surface area (TPSA) is 134 Å². The van der Waals surface area contributed by atoms with Gasteiger partial charge in [-0.2, -0.15) is 0 Å². The molecule has 1 aromatic carbocycles. The fourth-order valence-corrected chi connectivity index (χ4v) is 11.4. The number of carbonyl (C=O) groups is 3. The van der Waals surface area contributed by atoms with Crippen LogP contribution in [0.5, 0.6) is 11.5 Å². The van der Waals surface area contributed by atoms with Gasteiger partial charge < -0.3 is 33.7 Å². The van der Waals surface area contributed by atoms with Gasteiger partial charge in [0.15, 0.2) is 17.1 Å². The second-order valence-corrected chi connectivity index (χ2v) is 19.1. The number of aliphatic hydroxyl groups excluding tert-OH is 1. The van der Waals surface area contributed by atoms with Crippen molar-refractivity contribution in [2.24, 2.45) is 29.6 Å². The Morgan fingerprint density at radius 2 is 1.64 bits per heavy atom. The highest BCUT2D eigenvalue weighted by Crippen LogP contribution is 2.49. The molecule has 1 aliphatic carbocycles. The van der Waals surface area contributed by atoms with Crippen molar-refractivity contribution >= 4 is 58.4 Å². The average Bonchev–Trinajstić information content (AvgIpc) is 3.80. The summed E-state index contributed by atoms with van der Waals surface area (Å²) in [6.45, 7) is 13.7. The number of cyclic esters (lactones) is 1. The summed E-state index contributed by atoms with van der Waals surface area (Å²) in [5.41, 5.74) is -0.521. The minimum atomic E-state index is -1.32. The number of hydrogen-bond acceptors (Lipinski definition) is 12. The number of rotatable bonds is 12. The zero-order valence-corrected chi connectivity index (χ0v) is 37.8. The van der Waals surface area contributed by atoms with Crippen LogP contribution in [0.25, 0.3) is 0 Å². The van der Waals surface area contributed by atoms with Gasteiger partial charge in [-0.25, -0.2) is 0 Å². The van der Waals surface area contributed by atoms with Crippen molar-refractivity contribution in [3.63, 3.8) is 0 Å². The van der Waals surface area contributed by atoms with Crippen molar-refractivity contribution in [3.05, 3.63) is 46.2 Å². The number of ketones is 1. The first-order valence-electron chi connectivity index (χ1n) is 20.7. The number of esters is 2. The predicted molar refractivity (Wildman–Crippen MR) is 228 cm³/mol. The molecule has 14 heteroatoms. The van der Waals surface area contributed by atoms with Gasteiger partial charge in [0.2, 0.25) is 0 Å². The standard InChI is InChI=1S/C44H62Cl2N2O9S/c1-10-36-44(7)37(27(4)38(49)25(2)20-43(6,54-9)21-26(3)39(50)28(5)41(51)56-36)40(42(52)57-44)58-18-17-48(24-31-32(45)22-47-23-33(31)46)29-15-16-34(53-8)35(19-29)55-30-13-11-12-14-30/h15-16,19,22-23,25-28,30,36-37,39-40,50H,10-14,17-18,20-21,24H2,1-9H3/t25-,26-,27-,28-,36-,37+,39+,40?,43-,44-/m1/s1. The summed E-state index contributed by atoms with van der Waals surface area (Å²) < 4.78 is 30.6. The summed E-state index contributed by atoms with van der Waals surface area (Å²) in [5, 5.41) is 11.4. The molecule has 322 valence electrons. The van der Waals surface area contributed by atoms with Crippen molar-refractivity contribution in [3.8, 4) is 11.5 Å². The Hall–Kier alpha value is -2.77. The van der Waals surface area contributed by atoms with Gasteiger partial charge in [0, 0.05) is 73.4 Å². The number of carbonyl (C=O) groups excluding carboxylic acids is 3. The van der Waals surface area contributed by atoms with Gasteiger partial charge in [-0.05, 0) is 83.8 Å². The lowest BCUT2D eigenvalue weighted by atomic mass is 9.70. The van der Waals surface area contributed by atoms with Crippen molar-refractivity contribution in [2.75, 3.05) is 31.4 Å². The summed E-state index contributed by atoms with van der Waals surface area (Å²) in [5.74, 6) is -2.21. The maximum absolute atomic E-state index is 14.5. The molecule has 0 amide bonds. The number of fused-ring (bicyclic) bond motifs is 1. The zero-order chi connectivity index (χ0) is 42.5. The van der Waals surface area contributed by atoms with E-state index in [0.717, 1.165) is 31.4 Å². The van der Waals surface area contributed by atoms with Crippen molar-refractivity contribution in [2.45, 2.75) is 135 Å². The Morgan fingerprint density at radius 3 is 2.26 bits per heavy atom. The van der Waals surface area contributed by atoms with Crippen LogP contribution in [0.2, 0.25) is 10.0 Å². The van der Waals surface area contributed by atoms with Gasteiger partial charge in [-0.1, -0.05) is 50.9 Å². The van der Waals surface area contributed by atoms with Crippen LogP contribution in [0, 0.1) is 29.6 Å². The minimum absolute atomic E-state index is 0.0279. The Morgan fingerprint density at radius 1 is 0.966 bits per heavy atom. The number of aromatic nitrogens is 1. The van der Waals surface area contributed by atoms with E-state index in [4.69, 9.17) is 46.9 Å². The lowest BCUT2D eigenvalue weighted by Crippen LogP contribution is -2.53. The molecule has 10 atom stereocenters. The van der Waals surface area contributed by atoms with E-state index >= 15 is 0 Å². The Labute approximate surface area is 358 Å².